The van der Waals surface area contributed by atoms with Crippen LogP contribution in [0.15, 0.2) is 48.5 Å². The molecule has 0 aromatic heterocycles. The van der Waals surface area contributed by atoms with Crippen molar-refractivity contribution in [3.63, 3.8) is 0 Å². The third-order valence-corrected chi connectivity index (χ3v) is 6.74. The van der Waals surface area contributed by atoms with E-state index in [1.54, 1.807) is 4.90 Å². The third-order valence-electron chi connectivity index (χ3n) is 6.74. The van der Waals surface area contributed by atoms with E-state index >= 15 is 0 Å². The lowest BCUT2D eigenvalue weighted by Crippen LogP contribution is -2.44. The van der Waals surface area contributed by atoms with E-state index in [2.05, 4.69) is 24.3 Å². The van der Waals surface area contributed by atoms with Gasteiger partial charge in [-0.15, -0.1) is 0 Å². The summed E-state index contributed by atoms with van der Waals surface area (Å²) >= 11 is 0. The molecule has 144 valence electrons. The molecule has 1 aliphatic heterocycles. The highest BCUT2D eigenvalue weighted by molar-refractivity contribution is 5.79. The quantitative estimate of drug-likeness (QED) is 0.874. The van der Waals surface area contributed by atoms with Crippen molar-refractivity contribution in [1.82, 2.24) is 4.90 Å². The van der Waals surface area contributed by atoms with Crippen molar-refractivity contribution in [2.24, 2.45) is 11.3 Å². The first-order valence-electron chi connectivity index (χ1n) is 9.89. The molecule has 1 heterocycles. The summed E-state index contributed by atoms with van der Waals surface area (Å²) < 4.78 is 5.73. The van der Waals surface area contributed by atoms with Gasteiger partial charge in [-0.3, -0.25) is 4.79 Å². The van der Waals surface area contributed by atoms with E-state index in [1.807, 2.05) is 24.3 Å². The van der Waals surface area contributed by atoms with Gasteiger partial charge in [0.25, 0.3) is 0 Å². The number of hydrogen-bond donors (Lipinski definition) is 1. The first-order valence-corrected chi connectivity index (χ1v) is 9.89. The molecule has 2 aromatic carbocycles. The zero-order chi connectivity index (χ0) is 19.3. The number of likely N-dealkylation sites (tertiary alicyclic amines) is 1. The maximum Gasteiger partial charge on any atom is 0.409 e. The molecule has 0 bridgehead atoms. The Hall–Kier alpha value is -2.82. The first kappa shape index (κ1) is 17.3. The molecule has 5 nitrogen and oxygen atoms in total. The van der Waals surface area contributed by atoms with Crippen LogP contribution in [-0.2, 0) is 9.53 Å². The molecule has 2 fully saturated rings. The van der Waals surface area contributed by atoms with Crippen LogP contribution in [0, 0.1) is 11.3 Å². The highest BCUT2D eigenvalue weighted by atomic mass is 16.6. The average molecular weight is 377 g/mol. The number of fused-ring (bicyclic) bond motifs is 3. The van der Waals surface area contributed by atoms with Crippen molar-refractivity contribution in [3.05, 3.63) is 59.7 Å². The number of aliphatic carboxylic acids is 1. The summed E-state index contributed by atoms with van der Waals surface area (Å²) in [6.45, 7) is 1.60. The van der Waals surface area contributed by atoms with E-state index in [9.17, 15) is 9.59 Å². The van der Waals surface area contributed by atoms with Crippen molar-refractivity contribution >= 4 is 12.1 Å². The Morgan fingerprint density at radius 3 is 2.25 bits per heavy atom. The molecular formula is C23H23NO4. The summed E-state index contributed by atoms with van der Waals surface area (Å²) in [5, 5.41) is 9.11. The van der Waals surface area contributed by atoms with Gasteiger partial charge in [0.1, 0.15) is 6.61 Å². The summed E-state index contributed by atoms with van der Waals surface area (Å²) in [6.07, 6.45) is 1.95. The summed E-state index contributed by atoms with van der Waals surface area (Å²) in [5.41, 5.74) is 4.84. The molecule has 2 aliphatic carbocycles. The van der Waals surface area contributed by atoms with Crippen molar-refractivity contribution in [2.45, 2.75) is 25.2 Å². The Morgan fingerprint density at radius 2 is 1.64 bits per heavy atom. The Morgan fingerprint density at radius 1 is 1.04 bits per heavy atom. The highest BCUT2D eigenvalue weighted by Gasteiger charge is 2.52. The molecule has 5 heteroatoms. The second-order valence-corrected chi connectivity index (χ2v) is 8.42. The summed E-state index contributed by atoms with van der Waals surface area (Å²) in [4.78, 5) is 25.5. The fraction of sp³-hybridized carbons (Fsp3) is 0.391. The van der Waals surface area contributed by atoms with Gasteiger partial charge in [0, 0.05) is 19.0 Å². The average Bonchev–Trinajstić information content (AvgIpc) is 3.26. The van der Waals surface area contributed by atoms with E-state index < -0.39 is 5.97 Å². The molecule has 0 atom stereocenters. The normalized spacial score (nSPS) is 25.3. The highest BCUT2D eigenvalue weighted by Crippen LogP contribution is 2.52. The van der Waals surface area contributed by atoms with Crippen molar-refractivity contribution in [2.75, 3.05) is 19.7 Å². The lowest BCUT2D eigenvalue weighted by molar-refractivity contribution is -0.149. The van der Waals surface area contributed by atoms with Crippen LogP contribution in [-0.4, -0.2) is 41.8 Å². The molecule has 1 saturated carbocycles. The molecular weight excluding hydrogens is 354 g/mol. The van der Waals surface area contributed by atoms with Crippen LogP contribution in [0.25, 0.3) is 11.1 Å². The standard InChI is InChI=1S/C23H23NO4/c25-21(26)15-11-23(12-15)9-10-24(14-23)22(27)28-13-20-18-7-3-1-5-16(18)17-6-2-4-8-19(17)20/h1-8,15,20H,9-14H2,(H,25,26). The molecule has 1 spiro atoms. The molecule has 1 N–H and O–H groups in total. The molecule has 0 unspecified atom stereocenters. The van der Waals surface area contributed by atoms with E-state index in [0.29, 0.717) is 32.5 Å². The van der Waals surface area contributed by atoms with Crippen molar-refractivity contribution in [1.29, 1.82) is 0 Å². The molecule has 1 saturated heterocycles. The Labute approximate surface area is 163 Å². The van der Waals surface area contributed by atoms with Crippen LogP contribution in [0.4, 0.5) is 4.79 Å². The van der Waals surface area contributed by atoms with Crippen LogP contribution in [0.2, 0.25) is 0 Å². The molecule has 3 aliphatic rings. The fourth-order valence-electron chi connectivity index (χ4n) is 5.27. The summed E-state index contributed by atoms with van der Waals surface area (Å²) in [5.74, 6) is -0.902. The number of ether oxygens (including phenoxy) is 1. The van der Waals surface area contributed by atoms with Crippen molar-refractivity contribution < 1.29 is 19.4 Å². The number of amides is 1. The number of benzene rings is 2. The van der Waals surface area contributed by atoms with Gasteiger partial charge in [-0.2, -0.15) is 0 Å². The van der Waals surface area contributed by atoms with Crippen molar-refractivity contribution in [3.8, 4) is 11.1 Å². The largest absolute Gasteiger partial charge is 0.481 e. The van der Waals surface area contributed by atoms with Gasteiger partial charge in [-0.05, 0) is 46.9 Å². The van der Waals surface area contributed by atoms with Crippen LogP contribution in [0.3, 0.4) is 0 Å². The molecule has 1 amide bonds. The number of carboxylic acids is 1. The lowest BCUT2D eigenvalue weighted by Gasteiger charge is -2.42. The number of carbonyl (C=O) groups excluding carboxylic acids is 1. The Bertz CT molecular complexity index is 902. The van der Waals surface area contributed by atoms with Gasteiger partial charge in [-0.1, -0.05) is 48.5 Å². The van der Waals surface area contributed by atoms with Crippen LogP contribution in [0.5, 0.6) is 0 Å². The number of rotatable bonds is 3. The monoisotopic (exact) mass is 377 g/mol. The molecule has 28 heavy (non-hydrogen) atoms. The molecule has 0 radical (unpaired) electrons. The van der Waals surface area contributed by atoms with Gasteiger partial charge >= 0.3 is 12.1 Å². The number of nitrogens with zero attached hydrogens (tertiary/aromatic N) is 1. The number of hydrogen-bond acceptors (Lipinski definition) is 3. The lowest BCUT2D eigenvalue weighted by atomic mass is 9.61. The second kappa shape index (κ2) is 6.36. The molecule has 2 aromatic rings. The van der Waals surface area contributed by atoms with Crippen LogP contribution >= 0.6 is 0 Å². The van der Waals surface area contributed by atoms with Gasteiger partial charge in [0.15, 0.2) is 0 Å². The van der Waals surface area contributed by atoms with Crippen LogP contribution in [0.1, 0.15) is 36.3 Å². The Balaban J connectivity index is 1.25. The first-order chi connectivity index (χ1) is 13.6. The van der Waals surface area contributed by atoms with E-state index in [1.165, 1.54) is 22.3 Å². The zero-order valence-corrected chi connectivity index (χ0v) is 15.6. The van der Waals surface area contributed by atoms with Gasteiger partial charge in [0.05, 0.1) is 5.92 Å². The predicted molar refractivity (Wildman–Crippen MR) is 104 cm³/mol. The topological polar surface area (TPSA) is 66.8 Å². The minimum absolute atomic E-state index is 0.00532. The summed E-state index contributed by atoms with van der Waals surface area (Å²) in [6, 6.07) is 16.6. The minimum atomic E-state index is -0.717. The number of carboxylic acid groups (broad SMARTS) is 1. The van der Waals surface area contributed by atoms with E-state index in [4.69, 9.17) is 9.84 Å². The van der Waals surface area contributed by atoms with E-state index in [0.717, 1.165) is 6.42 Å². The zero-order valence-electron chi connectivity index (χ0n) is 15.6. The van der Waals surface area contributed by atoms with Gasteiger partial charge < -0.3 is 14.7 Å². The fourth-order valence-corrected chi connectivity index (χ4v) is 5.27. The maximum atomic E-state index is 12.7. The van der Waals surface area contributed by atoms with E-state index in [-0.39, 0.29) is 23.3 Å². The maximum absolute atomic E-state index is 12.7. The third kappa shape index (κ3) is 2.68. The SMILES string of the molecule is O=C(O)C1CC2(CCN(C(=O)OCC3c4ccccc4-c4ccccc43)C2)C1. The summed E-state index contributed by atoms with van der Waals surface area (Å²) in [7, 11) is 0. The predicted octanol–water partition coefficient (Wildman–Crippen LogP) is 4.12. The smallest absolute Gasteiger partial charge is 0.409 e. The van der Waals surface area contributed by atoms with Gasteiger partial charge in [0.2, 0.25) is 0 Å². The van der Waals surface area contributed by atoms with Crippen LogP contribution < -0.4 is 0 Å². The van der Waals surface area contributed by atoms with Gasteiger partial charge in [-0.25, -0.2) is 4.79 Å². The number of carbonyl (C=O) groups is 2. The Kier molecular flexibility index (Phi) is 3.93. The molecule has 5 rings (SSSR count). The minimum Gasteiger partial charge on any atom is -0.481 e. The second-order valence-electron chi connectivity index (χ2n) is 8.42.